The molecule has 0 amide bonds. The lowest BCUT2D eigenvalue weighted by Gasteiger charge is -2.35. The molecule has 0 unspecified atom stereocenters. The van der Waals surface area contributed by atoms with E-state index in [1.54, 1.807) is 0 Å². The summed E-state index contributed by atoms with van der Waals surface area (Å²) in [5.74, 6) is 0. The fraction of sp³-hybridized carbons (Fsp3) is 0. The Kier molecular flexibility index (Phi) is 7.87. The van der Waals surface area contributed by atoms with Gasteiger partial charge in [0.1, 0.15) is 0 Å². The SMILES string of the molecule is c1ccc(-c2cccc(-n3c4ccccc4c4c(-n5c6ccccc6c6c([Si](c7ccccc7)(c7ccccc7)c7ccccc7)cccc65)cccc43)c2)cc1. The summed E-state index contributed by atoms with van der Waals surface area (Å²) in [6.07, 6.45) is 0. The molecule has 11 aromatic rings. The number of hydrogen-bond donors (Lipinski definition) is 0. The average molecular weight is 743 g/mol. The second kappa shape index (κ2) is 13.5. The molecule has 0 atom stereocenters. The fourth-order valence-corrected chi connectivity index (χ4v) is 14.5. The van der Waals surface area contributed by atoms with Crippen LogP contribution >= 0.6 is 0 Å². The average Bonchev–Trinajstić information content (AvgIpc) is 3.82. The monoisotopic (exact) mass is 742 g/mol. The van der Waals surface area contributed by atoms with Crippen molar-refractivity contribution in [3.05, 3.63) is 231 Å². The molecule has 2 heterocycles. The van der Waals surface area contributed by atoms with Crippen molar-refractivity contribution in [2.45, 2.75) is 0 Å². The highest BCUT2D eigenvalue weighted by Gasteiger charge is 2.43. The lowest BCUT2D eigenvalue weighted by atomic mass is 10.1. The van der Waals surface area contributed by atoms with Crippen molar-refractivity contribution in [2.75, 3.05) is 0 Å². The Morgan fingerprint density at radius 1 is 0.298 bits per heavy atom. The van der Waals surface area contributed by atoms with E-state index < -0.39 is 8.07 Å². The molecule has 2 nitrogen and oxygen atoms in total. The van der Waals surface area contributed by atoms with Crippen molar-refractivity contribution in [1.82, 2.24) is 9.13 Å². The molecule has 0 saturated heterocycles. The van der Waals surface area contributed by atoms with Crippen molar-refractivity contribution < 1.29 is 0 Å². The van der Waals surface area contributed by atoms with Gasteiger partial charge in [0.2, 0.25) is 0 Å². The number of aromatic nitrogens is 2. The first-order chi connectivity index (χ1) is 28.3. The van der Waals surface area contributed by atoms with Crippen LogP contribution < -0.4 is 20.7 Å². The maximum absolute atomic E-state index is 2.86. The summed E-state index contributed by atoms with van der Waals surface area (Å²) >= 11 is 0. The lowest BCUT2D eigenvalue weighted by Crippen LogP contribution is -2.74. The normalized spacial score (nSPS) is 11.9. The van der Waals surface area contributed by atoms with Gasteiger partial charge in [0, 0.05) is 27.2 Å². The van der Waals surface area contributed by atoms with Crippen LogP contribution in [0.4, 0.5) is 0 Å². The van der Waals surface area contributed by atoms with Crippen molar-refractivity contribution in [3.8, 4) is 22.5 Å². The summed E-state index contributed by atoms with van der Waals surface area (Å²) in [6, 6.07) is 85.2. The first-order valence-corrected chi connectivity index (χ1v) is 21.7. The molecule has 57 heavy (non-hydrogen) atoms. The van der Waals surface area contributed by atoms with E-state index in [1.165, 1.54) is 81.2 Å². The maximum atomic E-state index is 2.54. The van der Waals surface area contributed by atoms with Gasteiger partial charge < -0.3 is 9.13 Å². The number of para-hydroxylation sites is 2. The van der Waals surface area contributed by atoms with Crippen LogP contribution in [0.1, 0.15) is 0 Å². The van der Waals surface area contributed by atoms with Crippen LogP contribution in [0.15, 0.2) is 231 Å². The predicted octanol–water partition coefficient (Wildman–Crippen LogP) is 10.9. The molecule has 0 radical (unpaired) electrons. The van der Waals surface area contributed by atoms with Gasteiger partial charge >= 0.3 is 0 Å². The number of nitrogens with zero attached hydrogens (tertiary/aromatic N) is 2. The van der Waals surface area contributed by atoms with E-state index in [0.717, 1.165) is 5.69 Å². The number of rotatable bonds is 7. The Balaban J connectivity index is 1.25. The third-order valence-corrected chi connectivity index (χ3v) is 16.7. The van der Waals surface area contributed by atoms with Crippen molar-refractivity contribution in [1.29, 1.82) is 0 Å². The second-order valence-corrected chi connectivity index (χ2v) is 18.6. The van der Waals surface area contributed by atoms with Gasteiger partial charge in [-0.05, 0) is 74.3 Å². The topological polar surface area (TPSA) is 9.86 Å². The molecule has 0 bridgehead atoms. The van der Waals surface area contributed by atoms with Crippen LogP contribution in [0.2, 0.25) is 0 Å². The molecule has 0 saturated carbocycles. The van der Waals surface area contributed by atoms with Gasteiger partial charge in [-0.2, -0.15) is 0 Å². The minimum Gasteiger partial charge on any atom is -0.309 e. The first-order valence-electron chi connectivity index (χ1n) is 19.7. The number of hydrogen-bond acceptors (Lipinski definition) is 0. The van der Waals surface area contributed by atoms with Crippen LogP contribution in [0.3, 0.4) is 0 Å². The van der Waals surface area contributed by atoms with E-state index in [4.69, 9.17) is 0 Å². The van der Waals surface area contributed by atoms with Crippen LogP contribution in [0, 0.1) is 0 Å². The standard InChI is InChI=1S/C54H38N2Si/c1-5-20-39(21-6-1)40-22-17-23-41(38-40)55-47-32-15-13-30-45(47)53-49(55)34-18-35-50(53)56-48-33-16-14-31-46(48)54-51(56)36-19-37-52(54)57(42-24-7-2-8-25-42,43-26-9-3-10-27-43)44-28-11-4-12-29-44/h1-38H. The maximum Gasteiger partial charge on any atom is 0.180 e. The molecule has 0 aliphatic carbocycles. The molecule has 0 aliphatic rings. The number of fused-ring (bicyclic) bond motifs is 6. The highest BCUT2D eigenvalue weighted by Crippen LogP contribution is 2.40. The predicted molar refractivity (Wildman–Crippen MR) is 244 cm³/mol. The highest BCUT2D eigenvalue weighted by molar-refractivity contribution is 7.20. The summed E-state index contributed by atoms with van der Waals surface area (Å²) in [5.41, 5.74) is 9.52. The Morgan fingerprint density at radius 3 is 1.35 bits per heavy atom. The summed E-state index contributed by atoms with van der Waals surface area (Å²) < 4.78 is 4.98. The van der Waals surface area contributed by atoms with E-state index in [1.807, 2.05) is 0 Å². The largest absolute Gasteiger partial charge is 0.309 e. The molecule has 0 fully saturated rings. The summed E-state index contributed by atoms with van der Waals surface area (Å²) in [7, 11) is -2.86. The van der Waals surface area contributed by atoms with Crippen molar-refractivity contribution in [3.63, 3.8) is 0 Å². The van der Waals surface area contributed by atoms with Gasteiger partial charge in [0.15, 0.2) is 8.07 Å². The third-order valence-electron chi connectivity index (χ3n) is 11.9. The summed E-state index contributed by atoms with van der Waals surface area (Å²) in [5, 5.41) is 10.6. The zero-order valence-corrected chi connectivity index (χ0v) is 32.3. The van der Waals surface area contributed by atoms with E-state index in [-0.39, 0.29) is 0 Å². The lowest BCUT2D eigenvalue weighted by molar-refractivity contribution is 1.17. The molecule has 0 aliphatic heterocycles. The minimum atomic E-state index is -2.86. The Morgan fingerprint density at radius 2 is 0.737 bits per heavy atom. The Labute approximate surface area is 333 Å². The van der Waals surface area contributed by atoms with E-state index in [9.17, 15) is 0 Å². The zero-order chi connectivity index (χ0) is 37.8. The zero-order valence-electron chi connectivity index (χ0n) is 31.3. The third kappa shape index (κ3) is 5.10. The van der Waals surface area contributed by atoms with Gasteiger partial charge in [-0.15, -0.1) is 0 Å². The quantitative estimate of drug-likeness (QED) is 0.114. The summed E-state index contributed by atoms with van der Waals surface area (Å²) in [6.45, 7) is 0. The molecule has 0 N–H and O–H groups in total. The molecule has 2 aromatic heterocycles. The van der Waals surface area contributed by atoms with Crippen molar-refractivity contribution >= 4 is 72.4 Å². The van der Waals surface area contributed by atoms with E-state index in [0.29, 0.717) is 0 Å². The Hall–Kier alpha value is -7.20. The smallest absolute Gasteiger partial charge is 0.180 e. The molecule has 268 valence electrons. The Bertz CT molecular complexity index is 3120. The van der Waals surface area contributed by atoms with Gasteiger partial charge in [-0.1, -0.05) is 188 Å². The van der Waals surface area contributed by atoms with Gasteiger partial charge in [-0.3, -0.25) is 0 Å². The molecule has 3 heteroatoms. The molecular weight excluding hydrogens is 705 g/mol. The van der Waals surface area contributed by atoms with Crippen LogP contribution in [0.25, 0.3) is 66.1 Å². The molecule has 0 spiro atoms. The van der Waals surface area contributed by atoms with E-state index in [2.05, 4.69) is 240 Å². The number of benzene rings is 9. The van der Waals surface area contributed by atoms with Crippen LogP contribution in [0.5, 0.6) is 0 Å². The van der Waals surface area contributed by atoms with Crippen LogP contribution in [-0.2, 0) is 0 Å². The summed E-state index contributed by atoms with van der Waals surface area (Å²) in [4.78, 5) is 0. The van der Waals surface area contributed by atoms with Crippen LogP contribution in [-0.4, -0.2) is 17.2 Å². The second-order valence-electron chi connectivity index (χ2n) is 14.8. The first kappa shape index (κ1) is 33.2. The molecule has 11 rings (SSSR count). The fourth-order valence-electron chi connectivity index (χ4n) is 9.54. The van der Waals surface area contributed by atoms with Crippen molar-refractivity contribution in [2.24, 2.45) is 0 Å². The van der Waals surface area contributed by atoms with Gasteiger partial charge in [-0.25, -0.2) is 0 Å². The van der Waals surface area contributed by atoms with Gasteiger partial charge in [0.05, 0.1) is 27.8 Å². The highest BCUT2D eigenvalue weighted by atomic mass is 28.3. The van der Waals surface area contributed by atoms with E-state index >= 15 is 0 Å². The molecular formula is C54H38N2Si. The molecule has 9 aromatic carbocycles. The minimum absolute atomic E-state index is 1.15. The van der Waals surface area contributed by atoms with Gasteiger partial charge in [0.25, 0.3) is 0 Å².